The van der Waals surface area contributed by atoms with E-state index in [4.69, 9.17) is 37.0 Å². The van der Waals surface area contributed by atoms with Crippen LogP contribution in [-0.2, 0) is 65.4 Å². The van der Waals surface area contributed by atoms with Crippen LogP contribution in [0.1, 0.15) is 433 Å². The summed E-state index contributed by atoms with van der Waals surface area (Å²) in [6.45, 7) is 7.36. The summed E-state index contributed by atoms with van der Waals surface area (Å²) in [6, 6.07) is 0. The monoisotopic (exact) mass is 1470 g/mol. The van der Waals surface area contributed by atoms with Crippen molar-refractivity contribution in [3.63, 3.8) is 0 Å². The summed E-state index contributed by atoms with van der Waals surface area (Å²) < 4.78 is 68.8. The Morgan fingerprint density at radius 3 is 0.680 bits per heavy atom. The summed E-state index contributed by atoms with van der Waals surface area (Å²) in [6.07, 6.45) is 65.0. The highest BCUT2D eigenvalue weighted by Gasteiger charge is 2.30. The van der Waals surface area contributed by atoms with Crippen LogP contribution in [0.15, 0.2) is 0 Å². The van der Waals surface area contributed by atoms with Gasteiger partial charge in [-0.3, -0.25) is 37.3 Å². The van der Waals surface area contributed by atoms with Gasteiger partial charge in [0.15, 0.2) is 12.2 Å². The van der Waals surface area contributed by atoms with E-state index in [-0.39, 0.29) is 25.7 Å². The molecule has 0 amide bonds. The SMILES string of the molecule is CCCCCCCCCCCCCCCCCCCC(=O)O[C@H](COC(=O)CCCCCCCCCCCCCCC(C)C)COP(=O)(O)OC[C@@H](O)COP(=O)(O)OC[C@@H](COC(=O)CCCCCCCCCCCCCCC)OC(=O)CCCCCCCCCCCCCCCCC. The molecule has 0 fully saturated rings. The maximum atomic E-state index is 13.1. The van der Waals surface area contributed by atoms with Crippen molar-refractivity contribution in [2.45, 2.75) is 451 Å². The lowest BCUT2D eigenvalue weighted by Gasteiger charge is -2.21. The molecule has 0 spiro atoms. The minimum atomic E-state index is -4.96. The largest absolute Gasteiger partial charge is 0.472 e. The van der Waals surface area contributed by atoms with Crippen LogP contribution in [0, 0.1) is 5.92 Å². The van der Waals surface area contributed by atoms with E-state index in [0.29, 0.717) is 25.7 Å². The number of carbonyl (C=O) groups excluding carboxylic acids is 4. The molecule has 2 unspecified atom stereocenters. The standard InChI is InChI=1S/C81H158O17P2/c1-6-9-12-15-18-21-24-27-29-30-32-35-42-47-52-57-62-67-81(86)98-77(71-92-79(84)65-60-55-50-45-40-37-36-38-43-48-53-58-63-74(4)5)73-96-100(89,90)94-69-75(82)68-93-99(87,88)95-72-76(70-91-78(83)64-59-54-49-44-39-33-26-23-20-17-14-11-8-3)97-80(85)66-61-56-51-46-41-34-31-28-25-22-19-16-13-10-7-2/h74-77,82H,6-73H2,1-5H3,(H,87,88)(H,89,90)/t75-,76+,77+/m0/s1. The fourth-order valence-electron chi connectivity index (χ4n) is 12.6. The molecule has 0 aromatic rings. The quantitative estimate of drug-likeness (QED) is 0.0222. The topological polar surface area (TPSA) is 237 Å². The van der Waals surface area contributed by atoms with E-state index in [2.05, 4.69) is 34.6 Å². The molecule has 0 rings (SSSR count). The van der Waals surface area contributed by atoms with Crippen molar-refractivity contribution in [2.75, 3.05) is 39.6 Å². The first kappa shape index (κ1) is 98.1. The number of unbranched alkanes of at least 4 members (excludes halogenated alkanes) is 53. The number of aliphatic hydroxyl groups excluding tert-OH is 1. The third kappa shape index (κ3) is 74.3. The van der Waals surface area contributed by atoms with Crippen molar-refractivity contribution in [1.29, 1.82) is 0 Å². The molecule has 0 saturated heterocycles. The zero-order chi connectivity index (χ0) is 73.4. The first-order chi connectivity index (χ1) is 48.5. The zero-order valence-corrected chi connectivity index (χ0v) is 67.1. The van der Waals surface area contributed by atoms with Crippen molar-refractivity contribution in [3.05, 3.63) is 0 Å². The van der Waals surface area contributed by atoms with E-state index in [1.54, 1.807) is 0 Å². The highest BCUT2D eigenvalue weighted by Crippen LogP contribution is 2.45. The van der Waals surface area contributed by atoms with Crippen molar-refractivity contribution in [2.24, 2.45) is 5.92 Å². The summed E-state index contributed by atoms with van der Waals surface area (Å²) in [5.41, 5.74) is 0. The number of hydrogen-bond acceptors (Lipinski definition) is 15. The first-order valence-electron chi connectivity index (χ1n) is 42.1. The molecule has 5 atom stereocenters. The summed E-state index contributed by atoms with van der Waals surface area (Å²) in [5.74, 6) is -1.32. The predicted molar refractivity (Wildman–Crippen MR) is 409 cm³/mol. The number of aliphatic hydroxyl groups is 1. The molecule has 0 radical (unpaired) electrons. The lowest BCUT2D eigenvalue weighted by Crippen LogP contribution is -2.30. The van der Waals surface area contributed by atoms with Crippen LogP contribution in [0.4, 0.5) is 0 Å². The summed E-state index contributed by atoms with van der Waals surface area (Å²) in [7, 11) is -9.92. The van der Waals surface area contributed by atoms with E-state index in [9.17, 15) is 43.2 Å². The van der Waals surface area contributed by atoms with Gasteiger partial charge in [-0.15, -0.1) is 0 Å². The second kappa shape index (κ2) is 73.9. The van der Waals surface area contributed by atoms with E-state index in [1.165, 1.54) is 257 Å². The number of hydrogen-bond donors (Lipinski definition) is 3. The van der Waals surface area contributed by atoms with E-state index < -0.39 is 97.5 Å². The van der Waals surface area contributed by atoms with Crippen LogP contribution in [0.5, 0.6) is 0 Å². The van der Waals surface area contributed by atoms with Gasteiger partial charge >= 0.3 is 39.5 Å². The summed E-state index contributed by atoms with van der Waals surface area (Å²) in [5, 5.41) is 10.7. The summed E-state index contributed by atoms with van der Waals surface area (Å²) >= 11 is 0. The van der Waals surface area contributed by atoms with E-state index in [1.807, 2.05) is 0 Å². The molecule has 0 heterocycles. The Kier molecular flexibility index (Phi) is 72.5. The van der Waals surface area contributed by atoms with Crippen LogP contribution >= 0.6 is 15.6 Å². The predicted octanol–water partition coefficient (Wildman–Crippen LogP) is 24.4. The van der Waals surface area contributed by atoms with Crippen molar-refractivity contribution < 1.29 is 80.2 Å². The minimum Gasteiger partial charge on any atom is -0.462 e. The molecular formula is C81H158O17P2. The lowest BCUT2D eigenvalue weighted by atomic mass is 10.0. The third-order valence-electron chi connectivity index (χ3n) is 19.0. The highest BCUT2D eigenvalue weighted by atomic mass is 31.2. The van der Waals surface area contributed by atoms with Gasteiger partial charge < -0.3 is 33.8 Å². The van der Waals surface area contributed by atoms with Crippen LogP contribution in [0.2, 0.25) is 0 Å². The van der Waals surface area contributed by atoms with Gasteiger partial charge in [0, 0.05) is 25.7 Å². The molecule has 0 bridgehead atoms. The van der Waals surface area contributed by atoms with Crippen molar-refractivity contribution in [3.8, 4) is 0 Å². The number of carbonyl (C=O) groups is 4. The Bertz CT molecular complexity index is 1910. The normalized spacial score (nSPS) is 13.8. The number of esters is 4. The molecule has 0 aliphatic carbocycles. The molecule has 0 saturated carbocycles. The second-order valence-corrected chi connectivity index (χ2v) is 32.5. The van der Waals surface area contributed by atoms with Gasteiger partial charge in [-0.25, -0.2) is 9.13 Å². The Morgan fingerprint density at radius 2 is 0.460 bits per heavy atom. The van der Waals surface area contributed by atoms with Gasteiger partial charge in [0.25, 0.3) is 0 Å². The van der Waals surface area contributed by atoms with Crippen LogP contribution in [0.3, 0.4) is 0 Å². The smallest absolute Gasteiger partial charge is 0.462 e. The number of rotatable bonds is 81. The first-order valence-corrected chi connectivity index (χ1v) is 45.1. The van der Waals surface area contributed by atoms with Gasteiger partial charge in [0.2, 0.25) is 0 Å². The van der Waals surface area contributed by atoms with E-state index >= 15 is 0 Å². The Balaban J connectivity index is 5.27. The third-order valence-corrected chi connectivity index (χ3v) is 20.9. The Morgan fingerprint density at radius 1 is 0.270 bits per heavy atom. The zero-order valence-electron chi connectivity index (χ0n) is 65.3. The molecule has 100 heavy (non-hydrogen) atoms. The molecule has 0 aromatic heterocycles. The van der Waals surface area contributed by atoms with Crippen LogP contribution in [0.25, 0.3) is 0 Å². The molecule has 0 aromatic carbocycles. The fourth-order valence-corrected chi connectivity index (χ4v) is 14.2. The number of phosphoric acid groups is 2. The molecule has 3 N–H and O–H groups in total. The molecule has 594 valence electrons. The molecule has 19 heteroatoms. The van der Waals surface area contributed by atoms with Crippen LogP contribution < -0.4 is 0 Å². The maximum Gasteiger partial charge on any atom is 0.472 e. The minimum absolute atomic E-state index is 0.109. The Labute approximate surface area is 613 Å². The number of ether oxygens (including phenoxy) is 4. The van der Waals surface area contributed by atoms with Gasteiger partial charge in [-0.05, 0) is 31.6 Å². The highest BCUT2D eigenvalue weighted by molar-refractivity contribution is 7.47. The van der Waals surface area contributed by atoms with Gasteiger partial charge in [-0.1, -0.05) is 381 Å². The lowest BCUT2D eigenvalue weighted by molar-refractivity contribution is -0.161. The number of phosphoric ester groups is 2. The van der Waals surface area contributed by atoms with Gasteiger partial charge in [0.05, 0.1) is 26.4 Å². The molecule has 17 nitrogen and oxygen atoms in total. The molecule has 0 aliphatic heterocycles. The fraction of sp³-hybridized carbons (Fsp3) is 0.951. The van der Waals surface area contributed by atoms with E-state index in [0.717, 1.165) is 95.8 Å². The molecule has 0 aliphatic rings. The maximum absolute atomic E-state index is 13.1. The van der Waals surface area contributed by atoms with Crippen molar-refractivity contribution in [1.82, 2.24) is 0 Å². The van der Waals surface area contributed by atoms with Gasteiger partial charge in [-0.2, -0.15) is 0 Å². The average Bonchev–Trinajstić information content (AvgIpc) is 1.01. The summed E-state index contributed by atoms with van der Waals surface area (Å²) in [4.78, 5) is 73.1. The van der Waals surface area contributed by atoms with Gasteiger partial charge in [0.1, 0.15) is 19.3 Å². The Hall–Kier alpha value is -1.94. The van der Waals surface area contributed by atoms with Crippen LogP contribution in [-0.4, -0.2) is 96.7 Å². The second-order valence-electron chi connectivity index (χ2n) is 29.6. The average molecular weight is 1470 g/mol. The van der Waals surface area contributed by atoms with Crippen molar-refractivity contribution >= 4 is 39.5 Å². The molecular weight excluding hydrogens is 1310 g/mol.